The maximum absolute atomic E-state index is 10.6. The molecule has 14 heavy (non-hydrogen) atoms. The Kier molecular flexibility index (Phi) is 2.56. The number of aliphatic carboxylic acids is 1. The van der Waals surface area contributed by atoms with Crippen molar-refractivity contribution in [2.45, 2.75) is 25.0 Å². The third-order valence-electron chi connectivity index (χ3n) is 2.84. The molecule has 0 aromatic carbocycles. The first-order chi connectivity index (χ1) is 6.65. The lowest BCUT2D eigenvalue weighted by Gasteiger charge is -2.31. The molecule has 78 valence electrons. The van der Waals surface area contributed by atoms with E-state index in [1.807, 2.05) is 0 Å². The van der Waals surface area contributed by atoms with Crippen LogP contribution in [0.5, 0.6) is 0 Å². The number of carboxylic acids is 1. The van der Waals surface area contributed by atoms with Crippen LogP contribution in [0.15, 0.2) is 12.2 Å². The van der Waals surface area contributed by atoms with Crippen LogP contribution in [0.4, 0.5) is 0 Å². The molecule has 2 heterocycles. The number of hydrogen-bond acceptors (Lipinski definition) is 3. The summed E-state index contributed by atoms with van der Waals surface area (Å²) in [6.07, 6.45) is 2.85. The first-order valence-corrected chi connectivity index (χ1v) is 4.94. The van der Waals surface area contributed by atoms with Crippen LogP contribution in [0.2, 0.25) is 0 Å². The van der Waals surface area contributed by atoms with Gasteiger partial charge < -0.3 is 9.84 Å². The number of nitrogens with zero attached hydrogens (tertiary/aromatic N) is 1. The van der Waals surface area contributed by atoms with Gasteiger partial charge >= 0.3 is 5.97 Å². The van der Waals surface area contributed by atoms with Gasteiger partial charge in [0.25, 0.3) is 0 Å². The fourth-order valence-corrected chi connectivity index (χ4v) is 2.17. The molecule has 2 saturated heterocycles. The van der Waals surface area contributed by atoms with Gasteiger partial charge in [-0.05, 0) is 12.8 Å². The molecule has 4 nitrogen and oxygen atoms in total. The first kappa shape index (κ1) is 9.68. The smallest absolute Gasteiger partial charge is 0.332 e. The number of hydrogen-bond donors (Lipinski definition) is 1. The van der Waals surface area contributed by atoms with Crippen molar-refractivity contribution in [2.24, 2.45) is 0 Å². The number of ether oxygens (including phenoxy) is 1. The molecule has 4 heteroatoms. The van der Waals surface area contributed by atoms with Crippen LogP contribution in [0.3, 0.4) is 0 Å². The Morgan fingerprint density at radius 3 is 2.50 bits per heavy atom. The van der Waals surface area contributed by atoms with Gasteiger partial charge in [-0.25, -0.2) is 4.79 Å². The van der Waals surface area contributed by atoms with E-state index in [0.29, 0.717) is 18.8 Å². The number of fused-ring (bicyclic) bond motifs is 2. The average molecular weight is 197 g/mol. The first-order valence-electron chi connectivity index (χ1n) is 4.94. The summed E-state index contributed by atoms with van der Waals surface area (Å²) in [6, 6.07) is 0. The van der Waals surface area contributed by atoms with Gasteiger partial charge in [0.1, 0.15) is 0 Å². The molecule has 0 amide bonds. The molecule has 1 N–H and O–H groups in total. The molecule has 2 atom stereocenters. The van der Waals surface area contributed by atoms with Gasteiger partial charge in [-0.2, -0.15) is 0 Å². The van der Waals surface area contributed by atoms with Gasteiger partial charge in [0, 0.05) is 25.2 Å². The Morgan fingerprint density at radius 1 is 1.43 bits per heavy atom. The van der Waals surface area contributed by atoms with E-state index in [1.54, 1.807) is 0 Å². The van der Waals surface area contributed by atoms with Gasteiger partial charge in [-0.1, -0.05) is 6.58 Å². The third kappa shape index (κ3) is 1.96. The molecule has 0 spiro atoms. The Bertz CT molecular complexity index is 252. The molecular formula is C10H15NO3. The van der Waals surface area contributed by atoms with E-state index in [2.05, 4.69) is 11.5 Å². The standard InChI is InChI=1S/C10H15NO3/c1-7(10(12)13)4-11-5-8-2-3-9(6-11)14-8/h8-9H,1-6H2,(H,12,13). The van der Waals surface area contributed by atoms with E-state index in [1.165, 1.54) is 0 Å². The minimum Gasteiger partial charge on any atom is -0.478 e. The Balaban J connectivity index is 1.88. The molecule has 2 unspecified atom stereocenters. The van der Waals surface area contributed by atoms with Crippen molar-refractivity contribution in [1.29, 1.82) is 0 Å². The number of likely N-dealkylation sites (tertiary alicyclic amines) is 1. The zero-order valence-corrected chi connectivity index (χ0v) is 8.11. The highest BCUT2D eigenvalue weighted by atomic mass is 16.5. The fourth-order valence-electron chi connectivity index (χ4n) is 2.17. The number of morpholine rings is 1. The maximum atomic E-state index is 10.6. The predicted molar refractivity (Wildman–Crippen MR) is 51.1 cm³/mol. The number of carbonyl (C=O) groups is 1. The van der Waals surface area contributed by atoms with E-state index in [0.717, 1.165) is 25.9 Å². The van der Waals surface area contributed by atoms with E-state index < -0.39 is 5.97 Å². The molecule has 0 aliphatic carbocycles. The summed E-state index contributed by atoms with van der Waals surface area (Å²) in [5, 5.41) is 8.70. The van der Waals surface area contributed by atoms with E-state index in [-0.39, 0.29) is 5.57 Å². The van der Waals surface area contributed by atoms with E-state index in [4.69, 9.17) is 9.84 Å². The zero-order chi connectivity index (χ0) is 10.1. The summed E-state index contributed by atoms with van der Waals surface area (Å²) < 4.78 is 5.65. The van der Waals surface area contributed by atoms with E-state index in [9.17, 15) is 4.79 Å². The summed E-state index contributed by atoms with van der Waals surface area (Å²) >= 11 is 0. The lowest BCUT2D eigenvalue weighted by molar-refractivity contribution is -0.133. The SMILES string of the molecule is C=C(CN1CC2CCC(C1)O2)C(=O)O. The highest BCUT2D eigenvalue weighted by Crippen LogP contribution is 2.26. The van der Waals surface area contributed by atoms with Crippen molar-refractivity contribution in [3.8, 4) is 0 Å². The topological polar surface area (TPSA) is 49.8 Å². The summed E-state index contributed by atoms with van der Waals surface area (Å²) in [5.41, 5.74) is 0.270. The van der Waals surface area contributed by atoms with E-state index >= 15 is 0 Å². The summed E-state index contributed by atoms with van der Waals surface area (Å²) in [6.45, 7) is 5.70. The lowest BCUT2D eigenvalue weighted by Crippen LogP contribution is -2.43. The fraction of sp³-hybridized carbons (Fsp3) is 0.700. The molecule has 0 radical (unpaired) electrons. The van der Waals surface area contributed by atoms with Crippen LogP contribution in [-0.4, -0.2) is 47.8 Å². The maximum Gasteiger partial charge on any atom is 0.332 e. The van der Waals surface area contributed by atoms with Crippen LogP contribution in [0.1, 0.15) is 12.8 Å². The highest BCUT2D eigenvalue weighted by molar-refractivity contribution is 5.86. The molecule has 0 saturated carbocycles. The molecular weight excluding hydrogens is 182 g/mol. The van der Waals surface area contributed by atoms with Crippen molar-refractivity contribution >= 4 is 5.97 Å². The summed E-state index contributed by atoms with van der Waals surface area (Å²) in [7, 11) is 0. The van der Waals surface area contributed by atoms with Gasteiger partial charge in [-0.3, -0.25) is 4.90 Å². The Morgan fingerprint density at radius 2 is 2.00 bits per heavy atom. The summed E-state index contributed by atoms with van der Waals surface area (Å²) in [4.78, 5) is 12.7. The van der Waals surface area contributed by atoms with Crippen LogP contribution < -0.4 is 0 Å². The van der Waals surface area contributed by atoms with Crippen LogP contribution in [0.25, 0.3) is 0 Å². The monoisotopic (exact) mass is 197 g/mol. The molecule has 2 aliphatic heterocycles. The van der Waals surface area contributed by atoms with Crippen LogP contribution in [-0.2, 0) is 9.53 Å². The van der Waals surface area contributed by atoms with Crippen LogP contribution >= 0.6 is 0 Å². The normalized spacial score (nSPS) is 31.7. The number of carboxylic acid groups (broad SMARTS) is 1. The molecule has 2 aliphatic rings. The van der Waals surface area contributed by atoms with Gasteiger partial charge in [-0.15, -0.1) is 0 Å². The average Bonchev–Trinajstić information content (AvgIpc) is 2.45. The summed E-state index contributed by atoms with van der Waals surface area (Å²) in [5.74, 6) is -0.899. The molecule has 0 aromatic heterocycles. The van der Waals surface area contributed by atoms with Crippen molar-refractivity contribution < 1.29 is 14.6 Å². The molecule has 2 bridgehead atoms. The largest absolute Gasteiger partial charge is 0.478 e. The van der Waals surface area contributed by atoms with Crippen molar-refractivity contribution in [2.75, 3.05) is 19.6 Å². The lowest BCUT2D eigenvalue weighted by atomic mass is 10.2. The minimum atomic E-state index is -0.899. The van der Waals surface area contributed by atoms with Gasteiger partial charge in [0.2, 0.25) is 0 Å². The van der Waals surface area contributed by atoms with Crippen molar-refractivity contribution in [3.05, 3.63) is 12.2 Å². The highest BCUT2D eigenvalue weighted by Gasteiger charge is 2.33. The quantitative estimate of drug-likeness (QED) is 0.669. The Hall–Kier alpha value is -0.870. The molecule has 0 aromatic rings. The second kappa shape index (κ2) is 3.71. The third-order valence-corrected chi connectivity index (χ3v) is 2.84. The number of rotatable bonds is 3. The minimum absolute atomic E-state index is 0.270. The second-order valence-corrected chi connectivity index (χ2v) is 4.06. The van der Waals surface area contributed by atoms with Crippen LogP contribution in [0, 0.1) is 0 Å². The van der Waals surface area contributed by atoms with Gasteiger partial charge in [0.15, 0.2) is 0 Å². The molecule has 2 fully saturated rings. The van der Waals surface area contributed by atoms with Crippen molar-refractivity contribution in [1.82, 2.24) is 4.90 Å². The Labute approximate surface area is 83.2 Å². The second-order valence-electron chi connectivity index (χ2n) is 4.06. The molecule has 2 rings (SSSR count). The predicted octanol–water partition coefficient (Wildman–Crippen LogP) is 0.490. The zero-order valence-electron chi connectivity index (χ0n) is 8.11. The van der Waals surface area contributed by atoms with Gasteiger partial charge in [0.05, 0.1) is 12.2 Å². The van der Waals surface area contributed by atoms with Crippen molar-refractivity contribution in [3.63, 3.8) is 0 Å².